The summed E-state index contributed by atoms with van der Waals surface area (Å²) in [7, 11) is 0. The molecule has 0 atom stereocenters. The number of nitrogens with one attached hydrogen (secondary N) is 2. The van der Waals surface area contributed by atoms with Gasteiger partial charge in [-0.3, -0.25) is 14.9 Å². The van der Waals surface area contributed by atoms with E-state index in [4.69, 9.17) is 5.73 Å². The quantitative estimate of drug-likeness (QED) is 0.424. The van der Waals surface area contributed by atoms with Crippen LogP contribution in [-0.4, -0.2) is 27.8 Å². The van der Waals surface area contributed by atoms with Gasteiger partial charge in [0.1, 0.15) is 6.33 Å². The fraction of sp³-hybridized carbons (Fsp3) is 0.0800. The Hall–Kier alpha value is -4.59. The molecule has 0 aliphatic carbocycles. The highest BCUT2D eigenvalue weighted by atomic mass is 16.2. The Kier molecular flexibility index (Phi) is 6.36. The first-order valence-electron chi connectivity index (χ1n) is 10.3. The minimum Gasteiger partial charge on any atom is -0.366 e. The van der Waals surface area contributed by atoms with E-state index in [-0.39, 0.29) is 0 Å². The highest BCUT2D eigenvalue weighted by Crippen LogP contribution is 2.20. The van der Waals surface area contributed by atoms with Gasteiger partial charge in [-0.2, -0.15) is 0 Å². The lowest BCUT2D eigenvalue weighted by Gasteiger charge is -2.10. The fourth-order valence-electron chi connectivity index (χ4n) is 3.53. The maximum atomic E-state index is 12.2. The molecule has 0 spiro atoms. The number of aryl methyl sites for hydroxylation is 2. The van der Waals surface area contributed by atoms with Crippen molar-refractivity contribution in [1.82, 2.24) is 15.3 Å². The van der Waals surface area contributed by atoms with E-state index in [0.717, 1.165) is 16.6 Å². The SMILES string of the molecule is NC(=O)c1cccc2c(CCc3cccc(NC(=O)NC(=O)c4ccccc4)c3)ncnc12. The Balaban J connectivity index is 1.43. The number of anilines is 1. The van der Waals surface area contributed by atoms with E-state index in [1.807, 2.05) is 24.3 Å². The molecule has 0 unspecified atom stereocenters. The number of urea groups is 1. The zero-order chi connectivity index (χ0) is 23.2. The van der Waals surface area contributed by atoms with Crippen LogP contribution in [-0.2, 0) is 12.8 Å². The number of benzene rings is 3. The minimum atomic E-state index is -0.609. The number of para-hydroxylation sites is 1. The summed E-state index contributed by atoms with van der Waals surface area (Å²) in [4.78, 5) is 44.6. The van der Waals surface area contributed by atoms with Gasteiger partial charge in [0.2, 0.25) is 0 Å². The second-order valence-corrected chi connectivity index (χ2v) is 7.36. The van der Waals surface area contributed by atoms with E-state index < -0.39 is 17.8 Å². The summed E-state index contributed by atoms with van der Waals surface area (Å²) in [5.74, 6) is -1.01. The van der Waals surface area contributed by atoms with E-state index in [2.05, 4.69) is 20.6 Å². The average molecular weight is 439 g/mol. The summed E-state index contributed by atoms with van der Waals surface area (Å²) >= 11 is 0. The summed E-state index contributed by atoms with van der Waals surface area (Å²) in [5, 5.41) is 5.78. The van der Waals surface area contributed by atoms with Gasteiger partial charge in [0.25, 0.3) is 11.8 Å². The molecule has 1 heterocycles. The standard InChI is InChI=1S/C25H21N5O3/c26-23(31)20-11-5-10-19-21(27-15-28-22(19)20)13-12-16-6-4-9-18(14-16)29-25(33)30-24(32)17-7-2-1-3-8-17/h1-11,14-15H,12-13H2,(H2,26,31)(H2,29,30,32,33). The number of carbonyl (C=O) groups is 3. The molecule has 0 aliphatic rings. The molecule has 8 heteroatoms. The van der Waals surface area contributed by atoms with Crippen LogP contribution in [0.15, 0.2) is 79.1 Å². The Labute approximate surface area is 189 Å². The Morgan fingerprint density at radius 1 is 0.848 bits per heavy atom. The molecule has 0 radical (unpaired) electrons. The molecular weight excluding hydrogens is 418 g/mol. The van der Waals surface area contributed by atoms with Gasteiger partial charge < -0.3 is 11.1 Å². The van der Waals surface area contributed by atoms with E-state index in [0.29, 0.717) is 35.2 Å². The lowest BCUT2D eigenvalue weighted by atomic mass is 10.0. The molecule has 4 N–H and O–H groups in total. The van der Waals surface area contributed by atoms with Gasteiger partial charge in [0, 0.05) is 16.6 Å². The van der Waals surface area contributed by atoms with Crippen LogP contribution in [0, 0.1) is 0 Å². The van der Waals surface area contributed by atoms with Gasteiger partial charge in [0.05, 0.1) is 16.8 Å². The van der Waals surface area contributed by atoms with Crippen LogP contribution in [0.25, 0.3) is 10.9 Å². The molecule has 0 fully saturated rings. The van der Waals surface area contributed by atoms with Crippen LogP contribution in [0.5, 0.6) is 0 Å². The number of rotatable bonds is 6. The maximum Gasteiger partial charge on any atom is 0.326 e. The number of amides is 4. The smallest absolute Gasteiger partial charge is 0.326 e. The maximum absolute atomic E-state index is 12.2. The lowest BCUT2D eigenvalue weighted by molar-refractivity contribution is 0.0965. The zero-order valence-corrected chi connectivity index (χ0v) is 17.6. The molecule has 0 saturated heterocycles. The number of aromatic nitrogens is 2. The Bertz CT molecular complexity index is 1340. The lowest BCUT2D eigenvalue weighted by Crippen LogP contribution is -2.34. The third kappa shape index (κ3) is 5.19. The summed E-state index contributed by atoms with van der Waals surface area (Å²) in [5.41, 5.74) is 9.08. The van der Waals surface area contributed by atoms with Gasteiger partial charge in [0.15, 0.2) is 0 Å². The summed E-state index contributed by atoms with van der Waals surface area (Å²) in [6.07, 6.45) is 2.67. The Morgan fingerprint density at radius 3 is 2.42 bits per heavy atom. The van der Waals surface area contributed by atoms with Crippen molar-refractivity contribution in [2.45, 2.75) is 12.8 Å². The van der Waals surface area contributed by atoms with Gasteiger partial charge >= 0.3 is 6.03 Å². The van der Waals surface area contributed by atoms with Crippen LogP contribution in [0.1, 0.15) is 32.0 Å². The van der Waals surface area contributed by atoms with Crippen molar-refractivity contribution < 1.29 is 14.4 Å². The first kappa shape index (κ1) is 21.6. The normalized spacial score (nSPS) is 10.5. The van der Waals surface area contributed by atoms with E-state index in [9.17, 15) is 14.4 Å². The van der Waals surface area contributed by atoms with E-state index in [1.165, 1.54) is 6.33 Å². The highest BCUT2D eigenvalue weighted by Gasteiger charge is 2.12. The molecule has 4 rings (SSSR count). The number of hydrogen-bond acceptors (Lipinski definition) is 5. The molecule has 4 amide bonds. The van der Waals surface area contributed by atoms with Crippen molar-refractivity contribution in [2.24, 2.45) is 5.73 Å². The third-order valence-corrected chi connectivity index (χ3v) is 5.11. The van der Waals surface area contributed by atoms with Crippen molar-refractivity contribution in [2.75, 3.05) is 5.32 Å². The van der Waals surface area contributed by atoms with Crippen LogP contribution in [0.4, 0.5) is 10.5 Å². The molecule has 0 saturated carbocycles. The van der Waals surface area contributed by atoms with Gasteiger partial charge in [-0.25, -0.2) is 14.8 Å². The molecule has 0 bridgehead atoms. The zero-order valence-electron chi connectivity index (χ0n) is 17.6. The van der Waals surface area contributed by atoms with Gasteiger partial charge in [-0.05, 0) is 48.7 Å². The second-order valence-electron chi connectivity index (χ2n) is 7.36. The summed E-state index contributed by atoms with van der Waals surface area (Å²) < 4.78 is 0. The number of nitrogens with two attached hydrogens (primary N) is 1. The molecule has 0 aliphatic heterocycles. The third-order valence-electron chi connectivity index (χ3n) is 5.11. The predicted octanol–water partition coefficient (Wildman–Crippen LogP) is 3.48. The monoisotopic (exact) mass is 439 g/mol. The average Bonchev–Trinajstić information content (AvgIpc) is 2.83. The first-order chi connectivity index (χ1) is 16.0. The van der Waals surface area contributed by atoms with Gasteiger partial charge in [-0.15, -0.1) is 0 Å². The highest BCUT2D eigenvalue weighted by molar-refractivity contribution is 6.08. The Morgan fingerprint density at radius 2 is 1.64 bits per heavy atom. The van der Waals surface area contributed by atoms with Crippen LogP contribution in [0.2, 0.25) is 0 Å². The van der Waals surface area contributed by atoms with Crippen molar-refractivity contribution in [3.8, 4) is 0 Å². The number of primary amides is 1. The van der Waals surface area contributed by atoms with Crippen molar-refractivity contribution in [3.63, 3.8) is 0 Å². The molecule has 4 aromatic rings. The number of imide groups is 1. The van der Waals surface area contributed by atoms with Crippen molar-refractivity contribution in [3.05, 3.63) is 102 Å². The van der Waals surface area contributed by atoms with Crippen molar-refractivity contribution in [1.29, 1.82) is 0 Å². The van der Waals surface area contributed by atoms with E-state index in [1.54, 1.807) is 48.5 Å². The molecule has 3 aromatic carbocycles. The predicted molar refractivity (Wildman–Crippen MR) is 125 cm³/mol. The number of hydrogen-bond donors (Lipinski definition) is 3. The minimum absolute atomic E-state index is 0.360. The fourth-order valence-corrected chi connectivity index (χ4v) is 3.53. The summed E-state index contributed by atoms with van der Waals surface area (Å²) in [6.45, 7) is 0. The number of fused-ring (bicyclic) bond motifs is 1. The van der Waals surface area contributed by atoms with E-state index >= 15 is 0 Å². The molecule has 164 valence electrons. The first-order valence-corrected chi connectivity index (χ1v) is 10.3. The van der Waals surface area contributed by atoms with Crippen LogP contribution >= 0.6 is 0 Å². The van der Waals surface area contributed by atoms with Crippen molar-refractivity contribution >= 4 is 34.4 Å². The molecule has 33 heavy (non-hydrogen) atoms. The molecule has 8 nitrogen and oxygen atoms in total. The van der Waals surface area contributed by atoms with Crippen LogP contribution in [0.3, 0.4) is 0 Å². The second kappa shape index (κ2) is 9.69. The molecular formula is C25H21N5O3. The summed E-state index contributed by atoms with van der Waals surface area (Å²) in [6, 6.07) is 20.5. The number of nitrogens with zero attached hydrogens (tertiary/aromatic N) is 2. The van der Waals surface area contributed by atoms with Crippen LogP contribution < -0.4 is 16.4 Å². The van der Waals surface area contributed by atoms with Gasteiger partial charge in [-0.1, -0.05) is 42.5 Å². The number of carbonyl (C=O) groups excluding carboxylic acids is 3. The largest absolute Gasteiger partial charge is 0.366 e. The molecule has 1 aromatic heterocycles. The topological polar surface area (TPSA) is 127 Å².